The van der Waals surface area contributed by atoms with Crippen LogP contribution in [0.5, 0.6) is 0 Å². The predicted molar refractivity (Wildman–Crippen MR) is 110 cm³/mol. The summed E-state index contributed by atoms with van der Waals surface area (Å²) >= 11 is 5.82. The van der Waals surface area contributed by atoms with Gasteiger partial charge in [-0.05, 0) is 41.7 Å². The third-order valence-corrected chi connectivity index (χ3v) is 5.14. The van der Waals surface area contributed by atoms with Crippen LogP contribution in [-0.4, -0.2) is 21.0 Å². The third-order valence-electron chi connectivity index (χ3n) is 4.87. The molecule has 0 aliphatic heterocycles. The molecule has 27 heavy (non-hydrogen) atoms. The molecule has 4 rings (SSSR count). The van der Waals surface area contributed by atoms with E-state index in [1.165, 1.54) is 5.56 Å². The summed E-state index contributed by atoms with van der Waals surface area (Å²) in [7, 11) is 0. The van der Waals surface area contributed by atoms with E-state index in [4.69, 9.17) is 16.6 Å². The predicted octanol–water partition coefficient (Wildman–Crippen LogP) is 5.02. The summed E-state index contributed by atoms with van der Waals surface area (Å²) in [4.78, 5) is 8.08. The lowest BCUT2D eigenvalue weighted by Crippen LogP contribution is -2.30. The summed E-state index contributed by atoms with van der Waals surface area (Å²) in [6, 6.07) is 25.4. The van der Waals surface area contributed by atoms with Crippen LogP contribution in [0, 0.1) is 0 Å². The molecule has 0 fully saturated rings. The molecule has 0 aliphatic rings. The number of aryl methyl sites for hydroxylation is 1. The van der Waals surface area contributed by atoms with E-state index in [-0.39, 0.29) is 0 Å². The van der Waals surface area contributed by atoms with E-state index in [1.54, 1.807) is 0 Å². The van der Waals surface area contributed by atoms with Gasteiger partial charge in [0, 0.05) is 5.88 Å². The average molecular weight is 377 g/mol. The number of fused-ring (bicyclic) bond motifs is 1. The fourth-order valence-electron chi connectivity index (χ4n) is 3.45. The third kappa shape index (κ3) is 3.36. The van der Waals surface area contributed by atoms with E-state index in [0.29, 0.717) is 11.7 Å². The molecule has 0 unspecified atom stereocenters. The van der Waals surface area contributed by atoms with Gasteiger partial charge in [-0.2, -0.15) is 0 Å². The Bertz CT molecular complexity index is 989. The maximum atomic E-state index is 11.8. The number of hydrogen-bond acceptors (Lipinski definition) is 2. The number of rotatable bonds is 6. The Hall–Kier alpha value is -2.62. The van der Waals surface area contributed by atoms with Crippen LogP contribution < -0.4 is 0 Å². The molecule has 0 aliphatic carbocycles. The van der Waals surface area contributed by atoms with E-state index >= 15 is 0 Å². The zero-order chi connectivity index (χ0) is 18.7. The number of alkyl halides is 1. The molecular formula is C23H21ClN2O. The number of imidazole rings is 1. The van der Waals surface area contributed by atoms with Gasteiger partial charge >= 0.3 is 0 Å². The van der Waals surface area contributed by atoms with Gasteiger partial charge in [0.1, 0.15) is 5.82 Å². The number of benzene rings is 3. The maximum absolute atomic E-state index is 11.8. The number of nitrogens with one attached hydrogen (secondary N) is 1. The molecule has 4 heteroatoms. The fraction of sp³-hybridized carbons (Fsp3) is 0.174. The zero-order valence-corrected chi connectivity index (χ0v) is 15.7. The van der Waals surface area contributed by atoms with Crippen molar-refractivity contribution in [1.29, 1.82) is 0 Å². The van der Waals surface area contributed by atoms with Gasteiger partial charge in [-0.1, -0.05) is 66.7 Å². The molecule has 0 amide bonds. The minimum atomic E-state index is -1.35. The molecule has 1 heterocycles. The molecule has 0 radical (unpaired) electrons. The van der Waals surface area contributed by atoms with E-state index in [2.05, 4.69) is 17.1 Å². The number of H-pyrrole nitrogens is 1. The summed E-state index contributed by atoms with van der Waals surface area (Å²) in [5.74, 6) is 1.16. The molecule has 0 saturated carbocycles. The van der Waals surface area contributed by atoms with Crippen LogP contribution in [-0.2, 0) is 12.0 Å². The highest BCUT2D eigenvalue weighted by molar-refractivity contribution is 6.17. The number of hydrogen-bond donors (Lipinski definition) is 2. The largest absolute Gasteiger partial charge is 0.373 e. The highest BCUT2D eigenvalue weighted by Crippen LogP contribution is 2.35. The number of aromatic amines is 1. The Labute approximate surface area is 163 Å². The van der Waals surface area contributed by atoms with Crippen molar-refractivity contribution >= 4 is 22.6 Å². The van der Waals surface area contributed by atoms with Crippen LogP contribution in [0.4, 0.5) is 0 Å². The van der Waals surface area contributed by atoms with Crippen molar-refractivity contribution in [2.24, 2.45) is 0 Å². The van der Waals surface area contributed by atoms with Gasteiger partial charge < -0.3 is 10.1 Å². The normalized spacial score (nSPS) is 11.8. The number of nitrogens with zero attached hydrogens (tertiary/aromatic N) is 1. The van der Waals surface area contributed by atoms with Crippen LogP contribution >= 0.6 is 11.6 Å². The van der Waals surface area contributed by atoms with Crippen molar-refractivity contribution in [3.63, 3.8) is 0 Å². The molecule has 3 aromatic carbocycles. The zero-order valence-electron chi connectivity index (χ0n) is 14.9. The Morgan fingerprint density at radius 3 is 2.11 bits per heavy atom. The molecule has 0 spiro atoms. The second-order valence-corrected chi connectivity index (χ2v) is 7.05. The van der Waals surface area contributed by atoms with E-state index < -0.39 is 5.60 Å². The molecule has 4 aromatic rings. The Morgan fingerprint density at radius 1 is 0.889 bits per heavy atom. The topological polar surface area (TPSA) is 48.9 Å². The van der Waals surface area contributed by atoms with E-state index in [1.807, 2.05) is 66.7 Å². The van der Waals surface area contributed by atoms with Gasteiger partial charge in [0.05, 0.1) is 11.0 Å². The van der Waals surface area contributed by atoms with E-state index in [0.717, 1.165) is 35.0 Å². The van der Waals surface area contributed by atoms with Gasteiger partial charge in [0.15, 0.2) is 5.60 Å². The quantitative estimate of drug-likeness (QED) is 0.464. The minimum absolute atomic E-state index is 0.518. The van der Waals surface area contributed by atoms with Gasteiger partial charge in [0.25, 0.3) is 0 Å². The van der Waals surface area contributed by atoms with E-state index in [9.17, 15) is 5.11 Å². The standard InChI is InChI=1S/C23H21ClN2O/c24-15-7-8-17-13-14-20-21(16-17)26-22(25-20)23(27,18-9-3-1-4-10-18)19-11-5-2-6-12-19/h1-6,9-14,16,27H,7-8,15H2,(H,25,26). The molecule has 0 saturated heterocycles. The van der Waals surface area contributed by atoms with Crippen LogP contribution in [0.3, 0.4) is 0 Å². The van der Waals surface area contributed by atoms with Crippen molar-refractivity contribution in [1.82, 2.24) is 9.97 Å². The number of aliphatic hydroxyl groups is 1. The Balaban J connectivity index is 1.85. The van der Waals surface area contributed by atoms with Gasteiger partial charge in [-0.25, -0.2) is 4.98 Å². The monoisotopic (exact) mass is 376 g/mol. The first-order chi connectivity index (χ1) is 13.2. The first-order valence-corrected chi connectivity index (χ1v) is 9.64. The Morgan fingerprint density at radius 2 is 1.52 bits per heavy atom. The number of aromatic nitrogens is 2. The molecule has 0 bridgehead atoms. The summed E-state index contributed by atoms with van der Waals surface area (Å²) in [5.41, 5.74) is 3.17. The molecule has 2 N–H and O–H groups in total. The second-order valence-electron chi connectivity index (χ2n) is 6.67. The van der Waals surface area contributed by atoms with Crippen LogP contribution in [0.25, 0.3) is 11.0 Å². The van der Waals surface area contributed by atoms with Crippen molar-refractivity contribution in [3.8, 4) is 0 Å². The summed E-state index contributed by atoms with van der Waals surface area (Å²) in [6.07, 6.45) is 1.86. The highest BCUT2D eigenvalue weighted by Gasteiger charge is 2.36. The molecule has 1 aromatic heterocycles. The second kappa shape index (κ2) is 7.55. The maximum Gasteiger partial charge on any atom is 0.173 e. The lowest BCUT2D eigenvalue weighted by atomic mass is 9.85. The smallest absolute Gasteiger partial charge is 0.173 e. The van der Waals surface area contributed by atoms with Crippen molar-refractivity contribution < 1.29 is 5.11 Å². The van der Waals surface area contributed by atoms with Gasteiger partial charge in [0.2, 0.25) is 0 Å². The van der Waals surface area contributed by atoms with Gasteiger partial charge in [-0.15, -0.1) is 11.6 Å². The summed E-state index contributed by atoms with van der Waals surface area (Å²) in [6.45, 7) is 0. The average Bonchev–Trinajstić information content (AvgIpc) is 3.17. The van der Waals surface area contributed by atoms with Crippen LogP contribution in [0.15, 0.2) is 78.9 Å². The summed E-state index contributed by atoms with van der Waals surface area (Å²) < 4.78 is 0. The lowest BCUT2D eigenvalue weighted by Gasteiger charge is -2.27. The highest BCUT2D eigenvalue weighted by atomic mass is 35.5. The first-order valence-electron chi connectivity index (χ1n) is 9.10. The minimum Gasteiger partial charge on any atom is -0.373 e. The van der Waals surface area contributed by atoms with Crippen molar-refractivity contribution in [3.05, 3.63) is 101 Å². The fourth-order valence-corrected chi connectivity index (χ4v) is 3.59. The molecular weight excluding hydrogens is 356 g/mol. The molecule has 3 nitrogen and oxygen atoms in total. The molecule has 136 valence electrons. The van der Waals surface area contributed by atoms with Crippen molar-refractivity contribution in [2.45, 2.75) is 18.4 Å². The summed E-state index contributed by atoms with van der Waals surface area (Å²) in [5, 5.41) is 11.8. The van der Waals surface area contributed by atoms with Crippen LogP contribution in [0.2, 0.25) is 0 Å². The molecule has 0 atom stereocenters. The lowest BCUT2D eigenvalue weighted by molar-refractivity contribution is 0.117. The number of halogens is 1. The van der Waals surface area contributed by atoms with Crippen LogP contribution in [0.1, 0.15) is 28.9 Å². The van der Waals surface area contributed by atoms with Gasteiger partial charge in [-0.3, -0.25) is 0 Å². The first kappa shape index (κ1) is 17.8. The SMILES string of the molecule is OC(c1ccccc1)(c1ccccc1)c1nc2ccc(CCCCl)cc2[nH]1. The Kier molecular flexibility index (Phi) is 4.97. The van der Waals surface area contributed by atoms with Crippen molar-refractivity contribution in [2.75, 3.05) is 5.88 Å².